The highest BCUT2D eigenvalue weighted by molar-refractivity contribution is 5.90. The van der Waals surface area contributed by atoms with E-state index in [4.69, 9.17) is 0 Å². The van der Waals surface area contributed by atoms with Gasteiger partial charge in [0.1, 0.15) is 6.04 Å². The first kappa shape index (κ1) is 16.2. The van der Waals surface area contributed by atoms with Crippen LogP contribution in [0.1, 0.15) is 24.0 Å². The van der Waals surface area contributed by atoms with Gasteiger partial charge in [0.2, 0.25) is 11.8 Å². The summed E-state index contributed by atoms with van der Waals surface area (Å²) in [7, 11) is 0. The molecule has 1 aliphatic rings. The largest absolute Gasteiger partial charge is 0.350 e. The second-order valence-corrected chi connectivity index (χ2v) is 5.96. The van der Waals surface area contributed by atoms with Crippen LogP contribution in [0.25, 0.3) is 0 Å². The molecule has 3 rings (SSSR count). The molecule has 1 fully saturated rings. The Kier molecular flexibility index (Phi) is 5.21. The third-order valence-electron chi connectivity index (χ3n) is 4.30. The lowest BCUT2D eigenvalue weighted by Crippen LogP contribution is -2.45. The Bertz CT molecular complexity index is 688. The van der Waals surface area contributed by atoms with Gasteiger partial charge in [0.05, 0.1) is 0 Å². The van der Waals surface area contributed by atoms with Crippen LogP contribution in [0.5, 0.6) is 0 Å². The number of hydrogen-bond acceptors (Lipinski definition) is 3. The second-order valence-electron chi connectivity index (χ2n) is 5.96. The van der Waals surface area contributed by atoms with E-state index in [2.05, 4.69) is 10.3 Å². The van der Waals surface area contributed by atoms with E-state index in [1.54, 1.807) is 17.3 Å². The van der Waals surface area contributed by atoms with Gasteiger partial charge in [-0.1, -0.05) is 36.4 Å². The zero-order valence-electron chi connectivity index (χ0n) is 13.5. The first-order chi connectivity index (χ1) is 11.7. The van der Waals surface area contributed by atoms with Crippen molar-refractivity contribution in [3.05, 3.63) is 66.0 Å². The Morgan fingerprint density at radius 3 is 2.71 bits per heavy atom. The van der Waals surface area contributed by atoms with Crippen LogP contribution < -0.4 is 5.32 Å². The molecule has 1 aromatic heterocycles. The first-order valence-corrected chi connectivity index (χ1v) is 8.24. The molecule has 124 valence electrons. The van der Waals surface area contributed by atoms with Gasteiger partial charge in [-0.2, -0.15) is 0 Å². The average Bonchev–Trinajstić information content (AvgIpc) is 3.00. The van der Waals surface area contributed by atoms with Crippen molar-refractivity contribution in [3.63, 3.8) is 0 Å². The molecule has 24 heavy (non-hydrogen) atoms. The average molecular weight is 323 g/mol. The summed E-state index contributed by atoms with van der Waals surface area (Å²) in [5.41, 5.74) is 2.12. The van der Waals surface area contributed by atoms with E-state index in [1.165, 1.54) is 5.56 Å². The van der Waals surface area contributed by atoms with Crippen molar-refractivity contribution in [1.82, 2.24) is 15.2 Å². The standard InChI is InChI=1S/C19H21N3O2/c23-18-9-8-17(19(24)21-14-16-7-4-11-20-13-16)22(18)12-10-15-5-2-1-3-6-15/h1-7,11,13,17H,8-10,12,14H2,(H,21,24). The molecule has 1 unspecified atom stereocenters. The Hall–Kier alpha value is -2.69. The van der Waals surface area contributed by atoms with Crippen LogP contribution in [0.15, 0.2) is 54.9 Å². The number of pyridine rings is 1. The number of benzene rings is 1. The molecule has 0 bridgehead atoms. The van der Waals surface area contributed by atoms with E-state index in [-0.39, 0.29) is 17.9 Å². The van der Waals surface area contributed by atoms with E-state index < -0.39 is 0 Å². The van der Waals surface area contributed by atoms with E-state index in [0.717, 1.165) is 12.0 Å². The number of hydrogen-bond donors (Lipinski definition) is 1. The molecule has 1 aliphatic heterocycles. The number of nitrogens with zero attached hydrogens (tertiary/aromatic N) is 2. The molecule has 0 aliphatic carbocycles. The maximum atomic E-state index is 12.5. The summed E-state index contributed by atoms with van der Waals surface area (Å²) in [4.78, 5) is 30.3. The number of carbonyl (C=O) groups excluding carboxylic acids is 2. The van der Waals surface area contributed by atoms with Gasteiger partial charge in [-0.3, -0.25) is 14.6 Å². The zero-order chi connectivity index (χ0) is 16.8. The van der Waals surface area contributed by atoms with Crippen LogP contribution in [0, 0.1) is 0 Å². The summed E-state index contributed by atoms with van der Waals surface area (Å²) < 4.78 is 0. The fraction of sp³-hybridized carbons (Fsp3) is 0.316. The molecule has 1 atom stereocenters. The van der Waals surface area contributed by atoms with E-state index >= 15 is 0 Å². The van der Waals surface area contributed by atoms with E-state index in [1.807, 2.05) is 42.5 Å². The number of rotatable bonds is 6. The number of amides is 2. The third-order valence-corrected chi connectivity index (χ3v) is 4.30. The first-order valence-electron chi connectivity index (χ1n) is 8.24. The van der Waals surface area contributed by atoms with Crippen molar-refractivity contribution in [1.29, 1.82) is 0 Å². The lowest BCUT2D eigenvalue weighted by Gasteiger charge is -2.24. The van der Waals surface area contributed by atoms with Crippen molar-refractivity contribution in [3.8, 4) is 0 Å². The Morgan fingerprint density at radius 1 is 1.17 bits per heavy atom. The van der Waals surface area contributed by atoms with Crippen LogP contribution in [-0.2, 0) is 22.6 Å². The molecule has 1 aromatic carbocycles. The highest BCUT2D eigenvalue weighted by Gasteiger charge is 2.35. The van der Waals surface area contributed by atoms with E-state index in [9.17, 15) is 9.59 Å². The summed E-state index contributed by atoms with van der Waals surface area (Å²) in [6, 6.07) is 13.4. The van der Waals surface area contributed by atoms with Crippen LogP contribution in [-0.4, -0.2) is 34.3 Å². The van der Waals surface area contributed by atoms with Crippen molar-refractivity contribution in [2.45, 2.75) is 31.8 Å². The van der Waals surface area contributed by atoms with Crippen molar-refractivity contribution in [2.24, 2.45) is 0 Å². The summed E-state index contributed by atoms with van der Waals surface area (Å²) in [5.74, 6) is -0.0229. The SMILES string of the molecule is O=C(NCc1cccnc1)C1CCC(=O)N1CCc1ccccc1. The summed E-state index contributed by atoms with van der Waals surface area (Å²) >= 11 is 0. The summed E-state index contributed by atoms with van der Waals surface area (Å²) in [6.45, 7) is 1.01. The van der Waals surface area contributed by atoms with Gasteiger partial charge in [0.15, 0.2) is 0 Å². The van der Waals surface area contributed by atoms with Crippen molar-refractivity contribution < 1.29 is 9.59 Å². The number of likely N-dealkylation sites (tertiary alicyclic amines) is 1. The minimum Gasteiger partial charge on any atom is -0.350 e. The Morgan fingerprint density at radius 2 is 1.96 bits per heavy atom. The minimum atomic E-state index is -0.363. The van der Waals surface area contributed by atoms with Crippen LogP contribution in [0.4, 0.5) is 0 Å². The lowest BCUT2D eigenvalue weighted by atomic mass is 10.1. The fourth-order valence-corrected chi connectivity index (χ4v) is 2.99. The number of carbonyl (C=O) groups is 2. The molecular weight excluding hydrogens is 302 g/mol. The van der Waals surface area contributed by atoms with Crippen molar-refractivity contribution in [2.75, 3.05) is 6.54 Å². The highest BCUT2D eigenvalue weighted by Crippen LogP contribution is 2.19. The fourth-order valence-electron chi connectivity index (χ4n) is 2.99. The molecule has 0 spiro atoms. The zero-order valence-corrected chi connectivity index (χ0v) is 13.5. The maximum absolute atomic E-state index is 12.5. The topological polar surface area (TPSA) is 62.3 Å². The van der Waals surface area contributed by atoms with Gasteiger partial charge < -0.3 is 10.2 Å². The molecular formula is C19H21N3O2. The van der Waals surface area contributed by atoms with Gasteiger partial charge in [-0.25, -0.2) is 0 Å². The van der Waals surface area contributed by atoms with Gasteiger partial charge in [0, 0.05) is 31.9 Å². The van der Waals surface area contributed by atoms with Gasteiger partial charge >= 0.3 is 0 Å². The normalized spacial score (nSPS) is 17.1. The molecule has 0 saturated carbocycles. The lowest BCUT2D eigenvalue weighted by molar-refractivity contribution is -0.135. The van der Waals surface area contributed by atoms with Gasteiger partial charge in [0.25, 0.3) is 0 Å². The molecule has 2 aromatic rings. The monoisotopic (exact) mass is 323 g/mol. The van der Waals surface area contributed by atoms with Crippen LogP contribution in [0.2, 0.25) is 0 Å². The molecule has 5 nitrogen and oxygen atoms in total. The molecule has 1 saturated heterocycles. The van der Waals surface area contributed by atoms with Gasteiger partial charge in [-0.15, -0.1) is 0 Å². The van der Waals surface area contributed by atoms with Crippen LogP contribution >= 0.6 is 0 Å². The quantitative estimate of drug-likeness (QED) is 0.883. The predicted octanol–water partition coefficient (Wildman–Crippen LogP) is 1.93. The van der Waals surface area contributed by atoms with E-state index in [0.29, 0.717) is 25.9 Å². The number of aromatic nitrogens is 1. The number of nitrogens with one attached hydrogen (secondary N) is 1. The third kappa shape index (κ3) is 3.98. The van der Waals surface area contributed by atoms with Gasteiger partial charge in [-0.05, 0) is 30.0 Å². The van der Waals surface area contributed by atoms with Crippen LogP contribution in [0.3, 0.4) is 0 Å². The molecule has 2 heterocycles. The minimum absolute atomic E-state index is 0.0625. The maximum Gasteiger partial charge on any atom is 0.243 e. The van der Waals surface area contributed by atoms with Crippen molar-refractivity contribution >= 4 is 11.8 Å². The molecule has 5 heteroatoms. The summed E-state index contributed by atoms with van der Waals surface area (Å²) in [5, 5.41) is 2.92. The molecule has 2 amide bonds. The Balaban J connectivity index is 1.56. The second kappa shape index (κ2) is 7.73. The smallest absolute Gasteiger partial charge is 0.243 e. The predicted molar refractivity (Wildman–Crippen MR) is 91.0 cm³/mol. The summed E-state index contributed by atoms with van der Waals surface area (Å²) in [6.07, 6.45) is 5.23. The molecule has 1 N–H and O–H groups in total. The Labute approximate surface area is 141 Å². The highest BCUT2D eigenvalue weighted by atomic mass is 16.2. The molecule has 0 radical (unpaired) electrons.